The molecule has 0 atom stereocenters. The zero-order chi connectivity index (χ0) is 27.8. The maximum absolute atomic E-state index is 13.3. The second-order valence-corrected chi connectivity index (χ2v) is 10.4. The molecule has 0 saturated heterocycles. The van der Waals surface area contributed by atoms with E-state index >= 15 is 0 Å². The largest absolute Gasteiger partial charge is 0.457 e. The van der Waals surface area contributed by atoms with Gasteiger partial charge in [0.25, 0.3) is 5.91 Å². The number of carbonyl (C=O) groups excluding carboxylic acids is 2. The number of rotatable bonds is 8. The number of benzene rings is 4. The van der Waals surface area contributed by atoms with E-state index in [1.807, 2.05) is 110 Å². The van der Waals surface area contributed by atoms with Crippen LogP contribution in [0.25, 0.3) is 0 Å². The molecule has 0 spiro atoms. The van der Waals surface area contributed by atoms with Crippen molar-refractivity contribution < 1.29 is 14.3 Å². The first-order valence-electron chi connectivity index (χ1n) is 13.1. The lowest BCUT2D eigenvalue weighted by Gasteiger charge is -2.24. The number of anilines is 2. The number of amides is 3. The minimum Gasteiger partial charge on any atom is -0.457 e. The molecule has 0 aliphatic rings. The SMILES string of the molecule is Cc1ccc(NC(=O)N(CCNC(=O)c2ccc(C(C)(C)C)cc2)c2ccc(Oc3ccccc3)cc2)cc1. The van der Waals surface area contributed by atoms with Crippen molar-refractivity contribution in [1.29, 1.82) is 0 Å². The van der Waals surface area contributed by atoms with E-state index in [0.717, 1.165) is 16.9 Å². The molecule has 0 saturated carbocycles. The summed E-state index contributed by atoms with van der Waals surface area (Å²) in [4.78, 5) is 27.7. The highest BCUT2D eigenvalue weighted by atomic mass is 16.5. The number of urea groups is 1. The van der Waals surface area contributed by atoms with E-state index in [4.69, 9.17) is 4.74 Å². The van der Waals surface area contributed by atoms with Crippen LogP contribution in [0.4, 0.5) is 16.2 Å². The lowest BCUT2D eigenvalue weighted by atomic mass is 9.87. The monoisotopic (exact) mass is 521 g/mol. The summed E-state index contributed by atoms with van der Waals surface area (Å²) >= 11 is 0. The van der Waals surface area contributed by atoms with Gasteiger partial charge in [0.2, 0.25) is 0 Å². The molecular formula is C33H35N3O3. The zero-order valence-corrected chi connectivity index (χ0v) is 22.9. The fourth-order valence-corrected chi connectivity index (χ4v) is 4.00. The van der Waals surface area contributed by atoms with Crippen LogP contribution in [-0.4, -0.2) is 25.0 Å². The van der Waals surface area contributed by atoms with E-state index < -0.39 is 0 Å². The number of hydrogen-bond donors (Lipinski definition) is 2. The molecule has 6 nitrogen and oxygen atoms in total. The fourth-order valence-electron chi connectivity index (χ4n) is 4.00. The van der Waals surface area contributed by atoms with Gasteiger partial charge in [-0.15, -0.1) is 0 Å². The van der Waals surface area contributed by atoms with Gasteiger partial charge >= 0.3 is 6.03 Å². The average Bonchev–Trinajstić information content (AvgIpc) is 2.93. The van der Waals surface area contributed by atoms with Crippen molar-refractivity contribution in [2.45, 2.75) is 33.1 Å². The summed E-state index contributed by atoms with van der Waals surface area (Å²) in [5.41, 5.74) is 4.25. The molecule has 39 heavy (non-hydrogen) atoms. The molecule has 0 aliphatic carbocycles. The third-order valence-electron chi connectivity index (χ3n) is 6.31. The van der Waals surface area contributed by atoms with Crippen molar-refractivity contribution in [3.8, 4) is 11.5 Å². The van der Waals surface area contributed by atoms with E-state index in [9.17, 15) is 9.59 Å². The first-order valence-corrected chi connectivity index (χ1v) is 13.1. The van der Waals surface area contributed by atoms with E-state index in [-0.39, 0.29) is 30.4 Å². The molecular weight excluding hydrogens is 486 g/mol. The summed E-state index contributed by atoms with van der Waals surface area (Å²) in [6.45, 7) is 8.97. The molecule has 0 radical (unpaired) electrons. The summed E-state index contributed by atoms with van der Waals surface area (Å²) in [6.07, 6.45) is 0. The Labute approximate surface area is 230 Å². The van der Waals surface area contributed by atoms with Crippen LogP contribution in [0.15, 0.2) is 103 Å². The predicted octanol–water partition coefficient (Wildman–Crippen LogP) is 7.55. The molecule has 0 heterocycles. The van der Waals surface area contributed by atoms with E-state index in [1.54, 1.807) is 4.90 Å². The average molecular weight is 522 g/mol. The topological polar surface area (TPSA) is 70.7 Å². The Kier molecular flexibility index (Phi) is 8.67. The molecule has 0 aliphatic heterocycles. The summed E-state index contributed by atoms with van der Waals surface area (Å²) in [6, 6.07) is 31.8. The molecule has 0 bridgehead atoms. The standard InChI is InChI=1S/C33H35N3O3/c1-24-10-16-27(17-11-24)35-32(38)36(28-18-20-30(21-19-28)39-29-8-6-5-7-9-29)23-22-34-31(37)25-12-14-26(15-13-25)33(2,3)4/h5-21H,22-23H2,1-4H3,(H,34,37)(H,35,38). The number of ether oxygens (including phenoxy) is 1. The number of hydrogen-bond acceptors (Lipinski definition) is 3. The molecule has 2 N–H and O–H groups in total. The summed E-state index contributed by atoms with van der Waals surface area (Å²) < 4.78 is 5.90. The number of carbonyl (C=O) groups is 2. The van der Waals surface area contributed by atoms with Crippen LogP contribution >= 0.6 is 0 Å². The predicted molar refractivity (Wildman–Crippen MR) is 158 cm³/mol. The molecule has 0 fully saturated rings. The molecule has 6 heteroatoms. The minimum atomic E-state index is -0.292. The van der Waals surface area contributed by atoms with Crippen LogP contribution in [0.1, 0.15) is 42.3 Å². The van der Waals surface area contributed by atoms with Crippen molar-refractivity contribution in [2.75, 3.05) is 23.3 Å². The quantitative estimate of drug-likeness (QED) is 0.251. The maximum atomic E-state index is 13.3. The van der Waals surface area contributed by atoms with Gasteiger partial charge in [-0.05, 0) is 78.6 Å². The van der Waals surface area contributed by atoms with E-state index in [2.05, 4.69) is 31.4 Å². The van der Waals surface area contributed by atoms with Crippen molar-refractivity contribution in [3.63, 3.8) is 0 Å². The third-order valence-corrected chi connectivity index (χ3v) is 6.31. The number of nitrogens with one attached hydrogen (secondary N) is 2. The van der Waals surface area contributed by atoms with Crippen LogP contribution in [0.2, 0.25) is 0 Å². The lowest BCUT2D eigenvalue weighted by molar-refractivity contribution is 0.0954. The lowest BCUT2D eigenvalue weighted by Crippen LogP contribution is -2.41. The van der Waals surface area contributed by atoms with Gasteiger partial charge in [-0.2, -0.15) is 0 Å². The molecule has 4 rings (SSSR count). The van der Waals surface area contributed by atoms with Gasteiger partial charge in [0.05, 0.1) is 0 Å². The Morgan fingerprint density at radius 3 is 2.00 bits per heavy atom. The molecule has 0 unspecified atom stereocenters. The first kappa shape index (κ1) is 27.5. The normalized spacial score (nSPS) is 11.0. The van der Waals surface area contributed by atoms with Crippen LogP contribution in [-0.2, 0) is 5.41 Å². The van der Waals surface area contributed by atoms with Gasteiger partial charge in [-0.1, -0.05) is 68.8 Å². The van der Waals surface area contributed by atoms with Gasteiger partial charge in [0.1, 0.15) is 11.5 Å². The Hall–Kier alpha value is -4.58. The number of nitrogens with zero attached hydrogens (tertiary/aromatic N) is 1. The summed E-state index contributed by atoms with van der Waals surface area (Å²) in [7, 11) is 0. The van der Waals surface area contributed by atoms with Crippen molar-refractivity contribution in [2.24, 2.45) is 0 Å². The minimum absolute atomic E-state index is 0.0159. The third kappa shape index (κ3) is 7.71. The molecule has 3 amide bonds. The van der Waals surface area contributed by atoms with Gasteiger partial charge in [-0.3, -0.25) is 9.69 Å². The number of para-hydroxylation sites is 1. The van der Waals surface area contributed by atoms with E-state index in [0.29, 0.717) is 22.7 Å². The maximum Gasteiger partial charge on any atom is 0.326 e. The fraction of sp³-hybridized carbons (Fsp3) is 0.212. The van der Waals surface area contributed by atoms with Crippen molar-refractivity contribution in [3.05, 3.63) is 120 Å². The molecule has 4 aromatic carbocycles. The van der Waals surface area contributed by atoms with Crippen LogP contribution in [0, 0.1) is 6.92 Å². The van der Waals surface area contributed by atoms with Gasteiger partial charge < -0.3 is 15.4 Å². The smallest absolute Gasteiger partial charge is 0.326 e. The second kappa shape index (κ2) is 12.3. The molecule has 200 valence electrons. The van der Waals surface area contributed by atoms with E-state index in [1.165, 1.54) is 0 Å². The first-order chi connectivity index (χ1) is 18.7. The molecule has 0 aromatic heterocycles. The zero-order valence-electron chi connectivity index (χ0n) is 22.9. The van der Waals surface area contributed by atoms with Crippen LogP contribution < -0.4 is 20.3 Å². The Morgan fingerprint density at radius 1 is 0.769 bits per heavy atom. The van der Waals surface area contributed by atoms with Crippen LogP contribution in [0.5, 0.6) is 11.5 Å². The number of aryl methyl sites for hydroxylation is 1. The van der Waals surface area contributed by atoms with Gasteiger partial charge in [0.15, 0.2) is 0 Å². The van der Waals surface area contributed by atoms with Crippen LogP contribution in [0.3, 0.4) is 0 Å². The Morgan fingerprint density at radius 2 is 1.38 bits per heavy atom. The summed E-state index contributed by atoms with van der Waals surface area (Å²) in [5, 5.41) is 5.90. The Balaban J connectivity index is 1.45. The van der Waals surface area contributed by atoms with Crippen molar-refractivity contribution >= 4 is 23.3 Å². The van der Waals surface area contributed by atoms with Gasteiger partial charge in [-0.25, -0.2) is 4.79 Å². The highest BCUT2D eigenvalue weighted by Crippen LogP contribution is 2.25. The Bertz CT molecular complexity index is 1380. The molecule has 4 aromatic rings. The van der Waals surface area contributed by atoms with Crippen molar-refractivity contribution in [1.82, 2.24) is 5.32 Å². The second-order valence-electron chi connectivity index (χ2n) is 10.4. The highest BCUT2D eigenvalue weighted by Gasteiger charge is 2.18. The highest BCUT2D eigenvalue weighted by molar-refractivity contribution is 6.02. The van der Waals surface area contributed by atoms with Gasteiger partial charge in [0, 0.05) is 30.0 Å². The summed E-state index contributed by atoms with van der Waals surface area (Å²) in [5.74, 6) is 1.22.